The van der Waals surface area contributed by atoms with Crippen molar-refractivity contribution >= 4 is 35.8 Å². The molecule has 80 heavy (non-hydrogen) atoms. The Morgan fingerprint density at radius 3 is 1.25 bits per heavy atom. The van der Waals surface area contributed by atoms with Gasteiger partial charge in [0.25, 0.3) is 0 Å². The van der Waals surface area contributed by atoms with E-state index in [1.807, 2.05) is 84.9 Å². The molecule has 0 radical (unpaired) electrons. The predicted molar refractivity (Wildman–Crippen MR) is 313 cm³/mol. The number of rotatable bonds is 25. The second kappa shape index (κ2) is 31.8. The summed E-state index contributed by atoms with van der Waals surface area (Å²) in [5, 5.41) is 26.3. The fourth-order valence-electron chi connectivity index (χ4n) is 8.62. The van der Waals surface area contributed by atoms with E-state index in [1.165, 1.54) is 26.5 Å². The molecule has 8 aromatic rings. The van der Waals surface area contributed by atoms with Gasteiger partial charge in [0.05, 0.1) is 33.3 Å². The summed E-state index contributed by atoms with van der Waals surface area (Å²) in [6.45, 7) is 5.37. The lowest BCUT2D eigenvalue weighted by Crippen LogP contribution is -2.32. The molecule has 8 rings (SSSR count). The number of ether oxygens (including phenoxy) is 4. The van der Waals surface area contributed by atoms with Crippen LogP contribution in [0, 0.1) is 36.5 Å². The molecule has 0 saturated heterocycles. The average Bonchev–Trinajstić information content (AvgIpc) is 3.51. The molecule has 0 aliphatic carbocycles. The number of halogens is 2. The highest BCUT2D eigenvalue weighted by atomic mass is 35.5. The zero-order valence-corrected chi connectivity index (χ0v) is 46.6. The van der Waals surface area contributed by atoms with E-state index in [0.29, 0.717) is 68.1 Å². The van der Waals surface area contributed by atoms with Gasteiger partial charge in [0.2, 0.25) is 0 Å². The first-order valence-corrected chi connectivity index (χ1v) is 26.5. The highest BCUT2D eigenvalue weighted by Crippen LogP contribution is 2.38. The summed E-state index contributed by atoms with van der Waals surface area (Å²) in [5.74, 6) is 1.82. The number of aromatic nitrogens is 2. The molecule has 2 aromatic heterocycles. The van der Waals surface area contributed by atoms with E-state index in [9.17, 15) is 20.1 Å². The molecule has 2 heterocycles. The zero-order valence-electron chi connectivity index (χ0n) is 45.1. The van der Waals surface area contributed by atoms with Crippen LogP contribution in [0.1, 0.15) is 66.8 Å². The minimum atomic E-state index is -0.452. The number of nitrogens with zero attached hydrogens (tertiary/aromatic N) is 4. The van der Waals surface area contributed by atoms with Crippen molar-refractivity contribution in [1.82, 2.24) is 20.6 Å². The van der Waals surface area contributed by atoms with E-state index in [1.54, 1.807) is 48.8 Å². The smallest absolute Gasteiger partial charge is 0.142 e. The van der Waals surface area contributed by atoms with Gasteiger partial charge in [-0.25, -0.2) is 0 Å². The summed E-state index contributed by atoms with van der Waals surface area (Å²) < 4.78 is 25.6. The summed E-state index contributed by atoms with van der Waals surface area (Å²) in [7, 11) is 3.00. The maximum Gasteiger partial charge on any atom is 0.142 e. The third-order valence-electron chi connectivity index (χ3n) is 12.8. The van der Waals surface area contributed by atoms with Gasteiger partial charge in [-0.15, -0.1) is 0 Å². The standard InChI is InChI=1S/C62H54Cl2N6O6.2CH5N/c1-41-49(39-75-61-25-59(73-37-47-19-45(27-65)29-67-31-47)51(23-57(61)63)33-69-53(35-71)21-43-11-5-3-6-12-43)15-9-17-55(41)56-18-10-16-50(42(56)2)40-76-62-26-60(74-38-48-20-46(28-66)30-68-32-48)52(24-58(62)64)34-70-54(36-72)22-44-13-7-4-8-14-44;2*1-2/h3-20,23-26,29-32,35-36,53-54,69-70H,21-22,33-34,37-40H2,1-2H3;2*2H2,1H3. The minimum absolute atomic E-state index is 0.132. The Morgan fingerprint density at radius 1 is 0.487 bits per heavy atom. The molecule has 2 unspecified atom stereocenters. The van der Waals surface area contributed by atoms with Crippen LogP contribution in [0.3, 0.4) is 0 Å². The minimum Gasteiger partial charge on any atom is -0.488 e. The first-order valence-electron chi connectivity index (χ1n) is 25.7. The maximum absolute atomic E-state index is 12.2. The molecular weight excluding hydrogens is 1050 g/mol. The van der Waals surface area contributed by atoms with Crippen LogP contribution in [0.5, 0.6) is 23.0 Å². The van der Waals surface area contributed by atoms with Crippen molar-refractivity contribution in [3.8, 4) is 46.3 Å². The van der Waals surface area contributed by atoms with Gasteiger partial charge < -0.3 is 50.6 Å². The Morgan fingerprint density at radius 2 is 0.875 bits per heavy atom. The third kappa shape index (κ3) is 17.3. The first kappa shape index (κ1) is 60.8. The average molecular weight is 1110 g/mol. The molecule has 14 nitrogen and oxygen atoms in total. The van der Waals surface area contributed by atoms with Crippen molar-refractivity contribution < 1.29 is 28.5 Å². The Hall–Kier alpha value is -8.44. The summed E-state index contributed by atoms with van der Waals surface area (Å²) in [6, 6.07) is 45.7. The topological polar surface area (TPSA) is 221 Å². The number of nitrogens with two attached hydrogens (primary N) is 2. The van der Waals surface area contributed by atoms with Gasteiger partial charge in [0.1, 0.15) is 74.1 Å². The second-order valence-corrected chi connectivity index (χ2v) is 18.9. The van der Waals surface area contributed by atoms with Crippen molar-refractivity contribution in [1.29, 1.82) is 10.5 Å². The Bertz CT molecular complexity index is 3170. The lowest BCUT2D eigenvalue weighted by atomic mass is 9.92. The fraction of sp³-hybridized carbons (Fsp3) is 0.219. The van der Waals surface area contributed by atoms with Crippen LogP contribution in [-0.2, 0) is 61.9 Å². The van der Waals surface area contributed by atoms with Crippen LogP contribution in [0.15, 0.2) is 158 Å². The highest BCUT2D eigenvalue weighted by Gasteiger charge is 2.19. The highest BCUT2D eigenvalue weighted by molar-refractivity contribution is 6.32. The van der Waals surface area contributed by atoms with Crippen LogP contribution >= 0.6 is 23.2 Å². The van der Waals surface area contributed by atoms with E-state index in [-0.39, 0.29) is 39.5 Å². The summed E-state index contributed by atoms with van der Waals surface area (Å²) in [5.41, 5.74) is 20.7. The van der Waals surface area contributed by atoms with Crippen molar-refractivity contribution in [3.63, 3.8) is 0 Å². The molecule has 410 valence electrons. The van der Waals surface area contributed by atoms with Gasteiger partial charge in [0.15, 0.2) is 0 Å². The number of aldehydes is 2. The van der Waals surface area contributed by atoms with Gasteiger partial charge in [0, 0.05) is 72.3 Å². The number of nitriles is 2. The van der Waals surface area contributed by atoms with Crippen molar-refractivity contribution in [3.05, 3.63) is 235 Å². The molecule has 2 atom stereocenters. The molecule has 0 amide bonds. The van der Waals surface area contributed by atoms with Gasteiger partial charge in [-0.3, -0.25) is 9.97 Å². The largest absolute Gasteiger partial charge is 0.488 e. The monoisotopic (exact) mass is 1110 g/mol. The van der Waals surface area contributed by atoms with Crippen molar-refractivity contribution in [2.75, 3.05) is 14.1 Å². The Balaban J connectivity index is 0.00000252. The Kier molecular flexibility index (Phi) is 24.2. The lowest BCUT2D eigenvalue weighted by Gasteiger charge is -2.20. The van der Waals surface area contributed by atoms with Gasteiger partial charge in [-0.2, -0.15) is 10.5 Å². The zero-order chi connectivity index (χ0) is 57.2. The van der Waals surface area contributed by atoms with Gasteiger partial charge in [-0.05, 0) is 110 Å². The molecule has 6 aromatic carbocycles. The molecule has 0 spiro atoms. The van der Waals surface area contributed by atoms with E-state index in [0.717, 1.165) is 68.2 Å². The number of hydrogen-bond acceptors (Lipinski definition) is 14. The van der Waals surface area contributed by atoms with E-state index in [4.69, 9.17) is 42.1 Å². The molecule has 6 N–H and O–H groups in total. The molecule has 0 bridgehead atoms. The number of benzene rings is 6. The SMILES string of the molecule is CN.CN.Cc1c(COc2cc(OCc3cncc(C#N)c3)c(CNC(C=O)Cc3ccccc3)cc2Cl)cccc1-c1cccc(COc2cc(OCc3cncc(C#N)c3)c(CNC(C=O)Cc3ccccc3)cc2Cl)c1C. The molecular formula is C64H64Cl2N8O6. The predicted octanol–water partition coefficient (Wildman–Crippen LogP) is 11.1. The molecule has 0 fully saturated rings. The number of hydrogen-bond donors (Lipinski definition) is 4. The number of carbonyl (C=O) groups is 2. The first-order chi connectivity index (χ1) is 39.1. The van der Waals surface area contributed by atoms with Gasteiger partial charge in [-0.1, -0.05) is 120 Å². The quantitative estimate of drug-likeness (QED) is 0.0391. The Labute approximate surface area is 478 Å². The summed E-state index contributed by atoms with van der Waals surface area (Å²) in [4.78, 5) is 32.7. The van der Waals surface area contributed by atoms with Crippen LogP contribution < -0.4 is 41.0 Å². The van der Waals surface area contributed by atoms with E-state index >= 15 is 0 Å². The molecule has 0 saturated carbocycles. The summed E-state index contributed by atoms with van der Waals surface area (Å²) >= 11 is 13.9. The second-order valence-electron chi connectivity index (χ2n) is 18.1. The lowest BCUT2D eigenvalue weighted by molar-refractivity contribution is -0.110. The molecule has 0 aliphatic heterocycles. The number of carbonyl (C=O) groups excluding carboxylic acids is 2. The van der Waals surface area contributed by atoms with Crippen LogP contribution in [0.4, 0.5) is 0 Å². The van der Waals surface area contributed by atoms with Crippen LogP contribution in [0.2, 0.25) is 10.0 Å². The third-order valence-corrected chi connectivity index (χ3v) is 13.4. The number of pyridine rings is 2. The normalized spacial score (nSPS) is 11.2. The number of nitrogens with one attached hydrogen (secondary N) is 2. The van der Waals surface area contributed by atoms with E-state index < -0.39 is 12.1 Å². The van der Waals surface area contributed by atoms with E-state index in [2.05, 4.69) is 70.2 Å². The van der Waals surface area contributed by atoms with Crippen molar-refractivity contribution in [2.24, 2.45) is 11.5 Å². The summed E-state index contributed by atoms with van der Waals surface area (Å²) in [6.07, 6.45) is 9.11. The van der Waals surface area contributed by atoms with Gasteiger partial charge >= 0.3 is 0 Å². The maximum atomic E-state index is 12.2. The molecule has 16 heteroatoms. The van der Waals surface area contributed by atoms with Crippen LogP contribution in [-0.4, -0.2) is 48.7 Å². The van der Waals surface area contributed by atoms with Crippen LogP contribution in [0.25, 0.3) is 11.1 Å². The van der Waals surface area contributed by atoms with Crippen molar-refractivity contribution in [2.45, 2.75) is 78.3 Å². The molecule has 0 aliphatic rings. The fourth-order valence-corrected chi connectivity index (χ4v) is 9.11.